The summed E-state index contributed by atoms with van der Waals surface area (Å²) in [7, 11) is 0. The molecule has 50 valence electrons. The van der Waals surface area contributed by atoms with E-state index in [1.165, 1.54) is 11.5 Å². The van der Waals surface area contributed by atoms with Gasteiger partial charge in [0.1, 0.15) is 4.32 Å². The van der Waals surface area contributed by atoms with Crippen LogP contribution >= 0.6 is 36.4 Å². The monoisotopic (exact) mass is 179 g/mol. The Morgan fingerprint density at radius 3 is 2.44 bits per heavy atom. The minimum Gasteiger partial charge on any atom is -0.385 e. The van der Waals surface area contributed by atoms with Crippen LogP contribution in [-0.4, -0.2) is 13.9 Å². The van der Waals surface area contributed by atoms with Crippen molar-refractivity contribution in [3.8, 4) is 0 Å². The van der Waals surface area contributed by atoms with E-state index in [1.54, 1.807) is 6.20 Å². The molecule has 0 unspecified atom stereocenters. The first-order valence-corrected chi connectivity index (χ1v) is 3.62. The average Bonchev–Trinajstić information content (AvgIpc) is 2.11. The van der Waals surface area contributed by atoms with Crippen LogP contribution in [0.5, 0.6) is 0 Å². The van der Waals surface area contributed by atoms with E-state index in [2.05, 4.69) is 34.4 Å². The molecular weight excluding hydrogens is 174 g/mol. The molecule has 1 aromatic heterocycles. The maximum absolute atomic E-state index is 4.71. The molecule has 2 N–H and O–H groups in total. The second-order valence-corrected chi connectivity index (χ2v) is 2.80. The molecule has 3 nitrogen and oxygen atoms in total. The smallest absolute Gasteiger partial charge is 0.128 e. The highest BCUT2D eigenvalue weighted by Gasteiger charge is 1.61. The molecule has 1 heterocycles. The molecule has 0 aliphatic carbocycles. The summed E-state index contributed by atoms with van der Waals surface area (Å²) in [5.41, 5.74) is 4.71. The molecule has 0 radical (unpaired) electrons. The lowest BCUT2D eigenvalue weighted by atomic mass is 11.1. The topological polar surface area (TPSA) is 51.8 Å². The third-order valence-electron chi connectivity index (χ3n) is 0.283. The summed E-state index contributed by atoms with van der Waals surface area (Å²) in [5.74, 6) is 0. The van der Waals surface area contributed by atoms with Crippen molar-refractivity contribution in [1.29, 1.82) is 0 Å². The van der Waals surface area contributed by atoms with Gasteiger partial charge in [-0.05, 0) is 11.5 Å². The second-order valence-electron chi connectivity index (χ2n) is 0.926. The highest BCUT2D eigenvalue weighted by atomic mass is 32.1. The number of nitrogens with two attached hydrogens (primary N) is 1. The normalized spacial score (nSPS) is 7.22. The van der Waals surface area contributed by atoms with E-state index >= 15 is 0 Å². The van der Waals surface area contributed by atoms with Crippen molar-refractivity contribution < 1.29 is 0 Å². The van der Waals surface area contributed by atoms with Crippen molar-refractivity contribution in [1.82, 2.24) is 9.59 Å². The molecule has 0 spiro atoms. The zero-order valence-corrected chi connectivity index (χ0v) is 6.92. The van der Waals surface area contributed by atoms with Crippen LogP contribution in [-0.2, 0) is 0 Å². The molecule has 9 heavy (non-hydrogen) atoms. The number of thiol groups is 1. The maximum atomic E-state index is 4.71. The fraction of sp³-hybridized carbons (Fsp3) is 0. The van der Waals surface area contributed by atoms with Gasteiger partial charge in [0.25, 0.3) is 0 Å². The predicted molar refractivity (Wildman–Crippen MR) is 45.7 cm³/mol. The first-order valence-electron chi connectivity index (χ1n) is 1.93. The SMILES string of the molecule is NC(=S)S.c1csnn1. The molecule has 0 fully saturated rings. The maximum Gasteiger partial charge on any atom is 0.128 e. The lowest BCUT2D eigenvalue weighted by molar-refractivity contribution is 1.16. The van der Waals surface area contributed by atoms with Crippen LogP contribution in [0.3, 0.4) is 0 Å². The van der Waals surface area contributed by atoms with Crippen molar-refractivity contribution >= 4 is 40.7 Å². The summed E-state index contributed by atoms with van der Waals surface area (Å²) in [5, 5.41) is 5.31. The van der Waals surface area contributed by atoms with Gasteiger partial charge < -0.3 is 5.73 Å². The molecule has 0 amide bonds. The first kappa shape index (κ1) is 8.80. The summed E-state index contributed by atoms with van der Waals surface area (Å²) < 4.78 is 3.71. The zero-order chi connectivity index (χ0) is 7.11. The van der Waals surface area contributed by atoms with Crippen molar-refractivity contribution in [3.63, 3.8) is 0 Å². The molecule has 0 bridgehead atoms. The van der Waals surface area contributed by atoms with Gasteiger partial charge in [0, 0.05) is 5.38 Å². The van der Waals surface area contributed by atoms with Gasteiger partial charge in [0.15, 0.2) is 0 Å². The Bertz CT molecular complexity index is 128. The van der Waals surface area contributed by atoms with E-state index in [0.717, 1.165) is 0 Å². The van der Waals surface area contributed by atoms with Crippen LogP contribution in [0.15, 0.2) is 11.6 Å². The number of thiocarbonyl (C=S) groups is 1. The highest BCUT2D eigenvalue weighted by Crippen LogP contribution is 1.78. The summed E-state index contributed by atoms with van der Waals surface area (Å²) in [6.45, 7) is 0. The number of rotatable bonds is 0. The second kappa shape index (κ2) is 5.93. The Labute approximate surface area is 67.8 Å². The number of hydrogen-bond acceptors (Lipinski definition) is 4. The fourth-order valence-corrected chi connectivity index (χ4v) is 0.408. The lowest BCUT2D eigenvalue weighted by Gasteiger charge is -1.64. The van der Waals surface area contributed by atoms with Crippen LogP contribution in [0.1, 0.15) is 0 Å². The van der Waals surface area contributed by atoms with Gasteiger partial charge in [-0.3, -0.25) is 0 Å². The van der Waals surface area contributed by atoms with Crippen LogP contribution < -0.4 is 5.73 Å². The van der Waals surface area contributed by atoms with Crippen molar-refractivity contribution in [2.24, 2.45) is 5.73 Å². The first-order chi connectivity index (χ1) is 4.23. The van der Waals surface area contributed by atoms with E-state index in [1.807, 2.05) is 5.38 Å². The van der Waals surface area contributed by atoms with Gasteiger partial charge in [-0.25, -0.2) is 0 Å². The Hall–Kier alpha value is -0.200. The summed E-state index contributed by atoms with van der Waals surface area (Å²) in [4.78, 5) is 0. The van der Waals surface area contributed by atoms with Crippen molar-refractivity contribution in [2.75, 3.05) is 0 Å². The average molecular weight is 179 g/mol. The van der Waals surface area contributed by atoms with Gasteiger partial charge in [-0.15, -0.1) is 17.7 Å². The van der Waals surface area contributed by atoms with Crippen molar-refractivity contribution in [2.45, 2.75) is 0 Å². The van der Waals surface area contributed by atoms with Crippen LogP contribution in [0.25, 0.3) is 0 Å². The Balaban J connectivity index is 0.000000148. The van der Waals surface area contributed by atoms with Gasteiger partial charge in [0.05, 0.1) is 6.20 Å². The molecule has 0 aromatic carbocycles. The molecule has 0 aliphatic rings. The standard InChI is InChI=1S/C2H2N2S.CH3NS2/c1-2-5-4-3-1;2-1(3)4/h1-2H;(H3,2,3,4). The molecule has 0 aliphatic heterocycles. The third-order valence-corrected chi connectivity index (χ3v) is 0.715. The Kier molecular flexibility index (Phi) is 5.80. The minimum absolute atomic E-state index is 0.194. The molecule has 1 aromatic rings. The van der Waals surface area contributed by atoms with Gasteiger partial charge in [0.2, 0.25) is 0 Å². The summed E-state index contributed by atoms with van der Waals surface area (Å²) >= 11 is 9.01. The quantitative estimate of drug-likeness (QED) is 0.454. The number of aromatic nitrogens is 2. The van der Waals surface area contributed by atoms with E-state index < -0.39 is 0 Å². The Morgan fingerprint density at radius 1 is 1.78 bits per heavy atom. The highest BCUT2D eigenvalue weighted by molar-refractivity contribution is 8.10. The van der Waals surface area contributed by atoms with Crippen LogP contribution in [0, 0.1) is 0 Å². The fourth-order valence-electron chi connectivity index (χ4n) is 0.136. The molecular formula is C3H5N3S3. The third kappa shape index (κ3) is 11.4. The lowest BCUT2D eigenvalue weighted by Crippen LogP contribution is -1.94. The zero-order valence-electron chi connectivity index (χ0n) is 4.39. The molecule has 6 heteroatoms. The summed E-state index contributed by atoms with van der Waals surface area (Å²) in [6.07, 6.45) is 1.66. The number of nitrogens with zero attached hydrogens (tertiary/aromatic N) is 2. The summed E-state index contributed by atoms with van der Waals surface area (Å²) in [6, 6.07) is 0. The minimum atomic E-state index is 0.194. The number of hydrogen-bond donors (Lipinski definition) is 2. The van der Waals surface area contributed by atoms with E-state index in [4.69, 9.17) is 5.73 Å². The van der Waals surface area contributed by atoms with Crippen molar-refractivity contribution in [3.05, 3.63) is 11.6 Å². The molecule has 0 saturated heterocycles. The largest absolute Gasteiger partial charge is 0.385 e. The van der Waals surface area contributed by atoms with Gasteiger partial charge in [-0.2, -0.15) is 0 Å². The molecule has 0 atom stereocenters. The predicted octanol–water partition coefficient (Wildman–Crippen LogP) is 0.698. The molecule has 0 saturated carbocycles. The molecule has 1 rings (SSSR count). The van der Waals surface area contributed by atoms with E-state index in [0.29, 0.717) is 0 Å². The van der Waals surface area contributed by atoms with Crippen LogP contribution in [0.4, 0.5) is 0 Å². The van der Waals surface area contributed by atoms with Gasteiger partial charge >= 0.3 is 0 Å². The van der Waals surface area contributed by atoms with Crippen LogP contribution in [0.2, 0.25) is 0 Å². The van der Waals surface area contributed by atoms with E-state index in [9.17, 15) is 0 Å². The van der Waals surface area contributed by atoms with Gasteiger partial charge in [-0.1, -0.05) is 16.7 Å². The van der Waals surface area contributed by atoms with E-state index in [-0.39, 0.29) is 4.32 Å². The Morgan fingerprint density at radius 2 is 2.33 bits per heavy atom.